The average molecular weight is 352 g/mol. The van der Waals surface area contributed by atoms with Gasteiger partial charge in [-0.1, -0.05) is 18.2 Å². The van der Waals surface area contributed by atoms with E-state index in [4.69, 9.17) is 24.3 Å². The van der Waals surface area contributed by atoms with Gasteiger partial charge >= 0.3 is 0 Å². The second-order valence-corrected chi connectivity index (χ2v) is 6.66. The number of nitrogens with one attached hydrogen (secondary N) is 1. The van der Waals surface area contributed by atoms with Gasteiger partial charge in [-0.05, 0) is 24.1 Å². The minimum absolute atomic E-state index is 0.127. The molecule has 1 spiro atoms. The molecule has 134 valence electrons. The molecular formula is C20H20N2O4. The monoisotopic (exact) mass is 352 g/mol. The number of aliphatic imine (C=N–C) groups is 1. The van der Waals surface area contributed by atoms with E-state index in [9.17, 15) is 0 Å². The molecule has 3 aliphatic heterocycles. The molecule has 1 atom stereocenters. The van der Waals surface area contributed by atoms with Gasteiger partial charge in [-0.25, -0.2) is 0 Å². The van der Waals surface area contributed by atoms with E-state index in [1.807, 2.05) is 24.3 Å². The van der Waals surface area contributed by atoms with Crippen LogP contribution in [0.4, 0.5) is 5.69 Å². The lowest BCUT2D eigenvalue weighted by Gasteiger charge is -2.25. The Morgan fingerprint density at radius 2 is 1.81 bits per heavy atom. The quantitative estimate of drug-likeness (QED) is 0.830. The highest BCUT2D eigenvalue weighted by molar-refractivity contribution is 6.13. The minimum atomic E-state index is -0.475. The average Bonchev–Trinajstić information content (AvgIpc) is 3.20. The number of para-hydroxylation sites is 1. The summed E-state index contributed by atoms with van der Waals surface area (Å²) in [7, 11) is 0. The van der Waals surface area contributed by atoms with Crippen molar-refractivity contribution in [2.24, 2.45) is 4.99 Å². The summed E-state index contributed by atoms with van der Waals surface area (Å²) >= 11 is 0. The molecule has 0 fully saturated rings. The number of anilines is 1. The fourth-order valence-electron chi connectivity index (χ4n) is 3.97. The molecule has 0 saturated heterocycles. The molecule has 0 saturated carbocycles. The maximum absolute atomic E-state index is 9.12. The Kier molecular flexibility index (Phi) is 3.53. The third-order valence-electron chi connectivity index (χ3n) is 5.18. The van der Waals surface area contributed by atoms with Gasteiger partial charge in [-0.2, -0.15) is 0 Å². The van der Waals surface area contributed by atoms with Crippen molar-refractivity contribution in [1.29, 1.82) is 0 Å². The highest BCUT2D eigenvalue weighted by Crippen LogP contribution is 2.53. The van der Waals surface area contributed by atoms with Crippen LogP contribution in [0, 0.1) is 0 Å². The van der Waals surface area contributed by atoms with E-state index in [1.165, 1.54) is 0 Å². The van der Waals surface area contributed by atoms with Crippen molar-refractivity contribution in [2.45, 2.75) is 11.8 Å². The predicted octanol–water partition coefficient (Wildman–Crippen LogP) is 2.34. The van der Waals surface area contributed by atoms with Gasteiger partial charge in [0, 0.05) is 30.5 Å². The molecular weight excluding hydrogens is 332 g/mol. The van der Waals surface area contributed by atoms with E-state index >= 15 is 0 Å². The molecule has 3 heterocycles. The van der Waals surface area contributed by atoms with Crippen LogP contribution in [0.15, 0.2) is 41.4 Å². The van der Waals surface area contributed by atoms with E-state index in [1.54, 1.807) is 0 Å². The van der Waals surface area contributed by atoms with Crippen LogP contribution in [0.2, 0.25) is 0 Å². The number of aliphatic hydroxyl groups is 1. The van der Waals surface area contributed by atoms with Crippen LogP contribution >= 0.6 is 0 Å². The molecule has 2 aromatic rings. The van der Waals surface area contributed by atoms with E-state index in [-0.39, 0.29) is 6.61 Å². The van der Waals surface area contributed by atoms with Crippen molar-refractivity contribution >= 4 is 11.5 Å². The summed E-state index contributed by atoms with van der Waals surface area (Å²) < 4.78 is 17.6. The summed E-state index contributed by atoms with van der Waals surface area (Å²) in [6, 6.07) is 12.2. The third kappa shape index (κ3) is 2.12. The van der Waals surface area contributed by atoms with Gasteiger partial charge in [0.2, 0.25) is 0 Å². The van der Waals surface area contributed by atoms with Gasteiger partial charge in [0.05, 0.1) is 0 Å². The van der Waals surface area contributed by atoms with Crippen LogP contribution in [0.1, 0.15) is 17.5 Å². The first kappa shape index (κ1) is 15.5. The smallest absolute Gasteiger partial charge is 0.165 e. The Hall–Kier alpha value is -2.73. The predicted molar refractivity (Wildman–Crippen MR) is 97.8 cm³/mol. The van der Waals surface area contributed by atoms with Crippen molar-refractivity contribution in [1.82, 2.24) is 0 Å². The summed E-state index contributed by atoms with van der Waals surface area (Å²) in [4.78, 5) is 4.77. The molecule has 3 aliphatic rings. The van der Waals surface area contributed by atoms with Crippen molar-refractivity contribution < 1.29 is 19.3 Å². The first-order chi connectivity index (χ1) is 12.8. The number of hydrogen-bond acceptors (Lipinski definition) is 5. The zero-order chi connectivity index (χ0) is 17.6. The molecule has 5 rings (SSSR count). The number of fused-ring (bicyclic) bond motifs is 5. The Morgan fingerprint density at radius 1 is 1.00 bits per heavy atom. The molecule has 0 radical (unpaired) electrons. The van der Waals surface area contributed by atoms with Gasteiger partial charge in [0.25, 0.3) is 0 Å². The van der Waals surface area contributed by atoms with Gasteiger partial charge in [-0.3, -0.25) is 4.99 Å². The standard InChI is InChI=1S/C20H20N2O4/c23-7-3-6-21-19-20(13-4-1-2-5-15(13)22-19)12-26-16-11-18-17(10-14(16)20)24-8-9-25-18/h1-2,4-5,10-11,23H,3,6-9,12H2,(H,21,22). The van der Waals surface area contributed by atoms with Crippen LogP contribution in [0.5, 0.6) is 17.2 Å². The summed E-state index contributed by atoms with van der Waals surface area (Å²) in [5, 5.41) is 12.6. The summed E-state index contributed by atoms with van der Waals surface area (Å²) in [5.41, 5.74) is 2.76. The molecule has 6 heteroatoms. The second kappa shape index (κ2) is 5.92. The van der Waals surface area contributed by atoms with E-state index in [0.29, 0.717) is 32.8 Å². The van der Waals surface area contributed by atoms with Crippen molar-refractivity contribution in [3.8, 4) is 17.2 Å². The highest BCUT2D eigenvalue weighted by Gasteiger charge is 2.52. The van der Waals surface area contributed by atoms with Gasteiger partial charge in [-0.15, -0.1) is 0 Å². The van der Waals surface area contributed by atoms with Crippen LogP contribution < -0.4 is 19.5 Å². The van der Waals surface area contributed by atoms with Crippen LogP contribution in [0.3, 0.4) is 0 Å². The van der Waals surface area contributed by atoms with Gasteiger partial charge < -0.3 is 24.6 Å². The van der Waals surface area contributed by atoms with Crippen LogP contribution in [-0.2, 0) is 5.41 Å². The Labute approximate surface area is 151 Å². The zero-order valence-electron chi connectivity index (χ0n) is 14.3. The molecule has 0 aromatic heterocycles. The molecule has 26 heavy (non-hydrogen) atoms. The van der Waals surface area contributed by atoms with E-state index in [2.05, 4.69) is 17.4 Å². The Balaban J connectivity index is 1.68. The molecule has 0 bridgehead atoms. The van der Waals surface area contributed by atoms with E-state index in [0.717, 1.165) is 39.9 Å². The topological polar surface area (TPSA) is 72.3 Å². The van der Waals surface area contributed by atoms with Crippen molar-refractivity contribution in [3.63, 3.8) is 0 Å². The summed E-state index contributed by atoms with van der Waals surface area (Å²) in [6.07, 6.45) is 0.631. The molecule has 6 nitrogen and oxygen atoms in total. The van der Waals surface area contributed by atoms with E-state index < -0.39 is 5.41 Å². The molecule has 2 N–H and O–H groups in total. The van der Waals surface area contributed by atoms with Gasteiger partial charge in [0.15, 0.2) is 11.5 Å². The number of amidine groups is 1. The maximum Gasteiger partial charge on any atom is 0.165 e. The number of ether oxygens (including phenoxy) is 3. The molecule has 1 unspecified atom stereocenters. The normalized spacial score (nSPS) is 23.5. The van der Waals surface area contributed by atoms with Crippen LogP contribution in [0.25, 0.3) is 0 Å². The Bertz CT molecular complexity index is 895. The molecule has 0 amide bonds. The summed E-state index contributed by atoms with van der Waals surface area (Å²) in [5.74, 6) is 3.15. The third-order valence-corrected chi connectivity index (χ3v) is 5.18. The molecule has 2 aromatic carbocycles. The number of aliphatic hydroxyl groups excluding tert-OH is 1. The maximum atomic E-state index is 9.12. The lowest BCUT2D eigenvalue weighted by Crippen LogP contribution is -2.37. The van der Waals surface area contributed by atoms with Crippen molar-refractivity contribution in [3.05, 3.63) is 47.5 Å². The largest absolute Gasteiger partial charge is 0.491 e. The summed E-state index contributed by atoms with van der Waals surface area (Å²) in [6.45, 7) is 2.27. The first-order valence-electron chi connectivity index (χ1n) is 8.92. The SMILES string of the molecule is OCCCN=C1Nc2ccccc2C12COc1cc3c(cc12)OCCO3. The highest BCUT2D eigenvalue weighted by atomic mass is 16.6. The minimum Gasteiger partial charge on any atom is -0.491 e. The van der Waals surface area contributed by atoms with Gasteiger partial charge in [0.1, 0.15) is 36.8 Å². The molecule has 0 aliphatic carbocycles. The fraction of sp³-hybridized carbons (Fsp3) is 0.350. The number of benzene rings is 2. The number of nitrogens with zero attached hydrogens (tertiary/aromatic N) is 1. The van der Waals surface area contributed by atoms with Crippen LogP contribution in [-0.4, -0.2) is 43.9 Å². The first-order valence-corrected chi connectivity index (χ1v) is 8.92. The lowest BCUT2D eigenvalue weighted by atomic mass is 9.76. The zero-order valence-corrected chi connectivity index (χ0v) is 14.3. The Morgan fingerprint density at radius 3 is 2.65 bits per heavy atom. The van der Waals surface area contributed by atoms with Crippen molar-refractivity contribution in [2.75, 3.05) is 38.3 Å². The second-order valence-electron chi connectivity index (χ2n) is 6.66. The lowest BCUT2D eigenvalue weighted by molar-refractivity contribution is 0.171. The fourth-order valence-corrected chi connectivity index (χ4v) is 3.97. The number of hydrogen-bond donors (Lipinski definition) is 2. The number of rotatable bonds is 3.